The molecule has 0 aliphatic heterocycles. The van der Waals surface area contributed by atoms with E-state index in [1.54, 1.807) is 23.5 Å². The molecule has 0 unspecified atom stereocenters. The van der Waals surface area contributed by atoms with Crippen LogP contribution in [-0.2, 0) is 26.5 Å². The van der Waals surface area contributed by atoms with Crippen molar-refractivity contribution in [2.24, 2.45) is 5.92 Å². The molecule has 3 aromatic heterocycles. The average Bonchev–Trinajstić information content (AvgIpc) is 3.88. The van der Waals surface area contributed by atoms with Crippen LogP contribution in [0.1, 0.15) is 82.5 Å². The minimum Gasteiger partial charge on any atom is 0 e. The number of nitrogens with zero attached hydrogens (tertiary/aromatic N) is 3. The molecule has 0 saturated carbocycles. The summed E-state index contributed by atoms with van der Waals surface area (Å²) >= 11 is -0.710. The van der Waals surface area contributed by atoms with E-state index in [0.717, 1.165) is 47.3 Å². The second-order valence-corrected chi connectivity index (χ2v) is 29.5. The number of imidazole rings is 1. The molecule has 7 heteroatoms. The van der Waals surface area contributed by atoms with Crippen LogP contribution in [0.4, 0.5) is 4.39 Å². The van der Waals surface area contributed by atoms with Crippen molar-refractivity contribution in [1.29, 1.82) is 0 Å². The molecule has 1 radical (unpaired) electrons. The molecule has 0 saturated heterocycles. The largest absolute Gasteiger partial charge is 0 e. The summed E-state index contributed by atoms with van der Waals surface area (Å²) in [5.41, 5.74) is 11.1. The van der Waals surface area contributed by atoms with Gasteiger partial charge in [-0.1, -0.05) is 93.9 Å². The zero-order valence-corrected chi connectivity index (χ0v) is 42.6. The fourth-order valence-electron chi connectivity index (χ4n) is 8.15. The summed E-state index contributed by atoms with van der Waals surface area (Å²) in [6.45, 7) is 10.6. The Morgan fingerprint density at radius 2 is 1.48 bits per heavy atom. The van der Waals surface area contributed by atoms with Gasteiger partial charge in [0.1, 0.15) is 0 Å². The van der Waals surface area contributed by atoms with Gasteiger partial charge in [-0.3, -0.25) is 9.37 Å². The first-order valence-corrected chi connectivity index (χ1v) is 29.6. The predicted octanol–water partition coefficient (Wildman–Crippen LogP) is 15.5. The van der Waals surface area contributed by atoms with E-state index in [9.17, 15) is 0 Å². The third-order valence-corrected chi connectivity index (χ3v) is 16.6. The van der Waals surface area contributed by atoms with Crippen molar-refractivity contribution >= 4 is 60.2 Å². The fourth-order valence-corrected chi connectivity index (χ4v) is 12.3. The van der Waals surface area contributed by atoms with Gasteiger partial charge in [0.15, 0.2) is 0 Å². The molecular formula is C56H56FGeIrN3S-2. The standard InChI is InChI=1S/C37H30FN2S.C19H26GeN.Ir/c1-22(2)28-20-25(24-12-6-5-7-13-24)21-29(23(3)4)35(28)40-32-16-10-9-15-31(32)39-37(40)27-18-19-30(38)34-26-14-8-11-17-33(26)41-36(27)34;1-14(2)11-17-12-19(16-9-7-15(3)8-10-16)21-13-18(17)20(4,5)6;/h5-17,19-23H,1-4H3;7-9,12-14H,11H2,1-6H3;/q2*-1;/i;3D3,11D2;. The topological polar surface area (TPSA) is 30.7 Å². The number of halogens is 1. The van der Waals surface area contributed by atoms with E-state index in [-0.39, 0.29) is 49.2 Å². The Kier molecular flexibility index (Phi) is 12.1. The van der Waals surface area contributed by atoms with Gasteiger partial charge in [0.2, 0.25) is 0 Å². The van der Waals surface area contributed by atoms with Gasteiger partial charge in [0.25, 0.3) is 0 Å². The third-order valence-electron chi connectivity index (χ3n) is 11.2. The average molecular weight is 1090 g/mol. The first-order valence-electron chi connectivity index (χ1n) is 23.9. The van der Waals surface area contributed by atoms with E-state index >= 15 is 4.39 Å². The second kappa shape index (κ2) is 19.2. The number of benzene rings is 6. The zero-order chi connectivity index (χ0) is 48.2. The van der Waals surface area contributed by atoms with Gasteiger partial charge in [-0.15, -0.1) is 12.1 Å². The van der Waals surface area contributed by atoms with Crippen LogP contribution in [0.5, 0.6) is 0 Å². The summed E-state index contributed by atoms with van der Waals surface area (Å²) in [6.07, 6.45) is 0.362. The van der Waals surface area contributed by atoms with Crippen molar-refractivity contribution in [3.63, 3.8) is 0 Å². The van der Waals surface area contributed by atoms with Crippen molar-refractivity contribution in [2.45, 2.75) is 83.9 Å². The Labute approximate surface area is 400 Å². The molecule has 0 spiro atoms. The Morgan fingerprint density at radius 3 is 2.13 bits per heavy atom. The second-order valence-electron chi connectivity index (χ2n) is 17.9. The fraction of sp³-hybridized carbons (Fsp3) is 0.250. The number of rotatable bonds is 9. The Hall–Kier alpha value is -4.72. The van der Waals surface area contributed by atoms with Gasteiger partial charge in [0.05, 0.1) is 16.9 Å². The van der Waals surface area contributed by atoms with E-state index in [0.29, 0.717) is 22.2 Å². The van der Waals surface area contributed by atoms with Crippen LogP contribution in [0.25, 0.3) is 70.7 Å². The van der Waals surface area contributed by atoms with E-state index in [1.165, 1.54) is 34.4 Å². The summed E-state index contributed by atoms with van der Waals surface area (Å²) < 4.78 is 60.3. The Morgan fingerprint density at radius 1 is 0.794 bits per heavy atom. The molecule has 9 aromatic rings. The number of pyridine rings is 1. The Balaban J connectivity index is 0.000000220. The van der Waals surface area contributed by atoms with Crippen LogP contribution in [0.3, 0.4) is 0 Å². The minimum atomic E-state index is -2.32. The van der Waals surface area contributed by atoms with Crippen LogP contribution in [0.15, 0.2) is 128 Å². The summed E-state index contributed by atoms with van der Waals surface area (Å²) in [4.78, 5) is 9.76. The van der Waals surface area contributed by atoms with Crippen LogP contribution in [-0.4, -0.2) is 27.8 Å². The molecule has 0 aliphatic carbocycles. The number of thiophene rings is 1. The summed E-state index contributed by atoms with van der Waals surface area (Å²) in [7, 11) is 0. The molecule has 3 nitrogen and oxygen atoms in total. The normalized spacial score (nSPS) is 13.4. The van der Waals surface area contributed by atoms with Crippen LogP contribution < -0.4 is 4.40 Å². The number of aryl methyl sites for hydroxylation is 1. The van der Waals surface area contributed by atoms with Crippen LogP contribution in [0.2, 0.25) is 17.3 Å². The minimum absolute atomic E-state index is 0. The first-order chi connectivity index (χ1) is 31.7. The van der Waals surface area contributed by atoms with Crippen LogP contribution >= 0.6 is 11.3 Å². The van der Waals surface area contributed by atoms with Crippen molar-refractivity contribution in [2.75, 3.05) is 0 Å². The van der Waals surface area contributed by atoms with Crippen molar-refractivity contribution in [3.8, 4) is 39.5 Å². The number of hydrogen-bond donors (Lipinski definition) is 0. The molecular weight excluding hydrogens is 1030 g/mol. The quantitative estimate of drug-likeness (QED) is 0.107. The Bertz CT molecular complexity index is 3220. The maximum absolute atomic E-state index is 15.4. The zero-order valence-electron chi connectivity index (χ0n) is 42.3. The molecule has 0 atom stereocenters. The van der Waals surface area contributed by atoms with Gasteiger partial charge in [-0.25, -0.2) is 0 Å². The molecule has 3 heterocycles. The molecule has 6 aromatic carbocycles. The van der Waals surface area contributed by atoms with E-state index in [1.807, 2.05) is 50.4 Å². The summed E-state index contributed by atoms with van der Waals surface area (Å²) in [6, 6.07) is 45.9. The van der Waals surface area contributed by atoms with Gasteiger partial charge in [0, 0.05) is 36.3 Å². The maximum atomic E-state index is 15.4. The number of para-hydroxylation sites is 2. The summed E-state index contributed by atoms with van der Waals surface area (Å²) in [5.74, 6) is 7.60. The molecule has 0 aliphatic rings. The number of aromatic nitrogens is 3. The van der Waals surface area contributed by atoms with E-state index < -0.39 is 26.5 Å². The number of fused-ring (bicyclic) bond motifs is 4. The van der Waals surface area contributed by atoms with Gasteiger partial charge >= 0.3 is 139 Å². The first kappa shape index (κ1) is 39.8. The third kappa shape index (κ3) is 9.57. The molecule has 0 bridgehead atoms. The van der Waals surface area contributed by atoms with Gasteiger partial charge in [-0.2, -0.15) is 11.3 Å². The van der Waals surface area contributed by atoms with Gasteiger partial charge < -0.3 is 4.57 Å². The van der Waals surface area contributed by atoms with Gasteiger partial charge in [-0.05, 0) is 79.9 Å². The number of hydrogen-bond acceptors (Lipinski definition) is 3. The maximum Gasteiger partial charge on any atom is 0 e. The van der Waals surface area contributed by atoms with Crippen LogP contribution in [0, 0.1) is 30.7 Å². The smallest absolute Gasteiger partial charge is 0 e. The summed E-state index contributed by atoms with van der Waals surface area (Å²) in [5, 5.41) is 1.58. The SMILES string of the molecule is CC(C)c1cc(-c2ccccc2)cc(C(C)C)c1-n1c(-c2[c-]cc(F)c3c2sc2ccccc23)nc2ccccc21.[2H]C([2H])([2H])c1c[c-]c(-c2cc(C([2H])([2H])C(C)C)[c]([Ge]([CH3])([CH3])[CH3])cn2)cc1.[Ir]. The molecule has 9 rings (SSSR count). The van der Waals surface area contributed by atoms with E-state index in [2.05, 4.69) is 133 Å². The molecule has 63 heavy (non-hydrogen) atoms. The van der Waals surface area contributed by atoms with Crippen molar-refractivity contribution in [1.82, 2.24) is 14.5 Å². The van der Waals surface area contributed by atoms with E-state index in [4.69, 9.17) is 11.8 Å². The van der Waals surface area contributed by atoms with Crippen molar-refractivity contribution < 1.29 is 31.3 Å². The molecule has 323 valence electrons. The monoisotopic (exact) mass is 1090 g/mol. The molecule has 0 fully saturated rings. The molecule has 0 amide bonds. The van der Waals surface area contributed by atoms with Crippen molar-refractivity contribution in [3.05, 3.63) is 168 Å². The predicted molar refractivity (Wildman–Crippen MR) is 267 cm³/mol. The molecule has 0 N–H and O–H groups in total.